The molecule has 3 nitrogen and oxygen atoms in total. The molecular weight excluding hydrogens is 567 g/mol. The minimum Gasteiger partial charge on any atom is -0.208 e. The van der Waals surface area contributed by atoms with Crippen molar-refractivity contribution in [1.29, 1.82) is 0 Å². The van der Waals surface area contributed by atoms with Crippen LogP contribution < -0.4 is 0 Å². The number of aromatic nitrogens is 3. The van der Waals surface area contributed by atoms with Crippen molar-refractivity contribution in [3.05, 3.63) is 152 Å². The number of hydrogen-bond acceptors (Lipinski definition) is 4. The zero-order valence-corrected chi connectivity index (χ0v) is 25.0. The van der Waals surface area contributed by atoms with Gasteiger partial charge in [0.2, 0.25) is 0 Å². The van der Waals surface area contributed by atoms with Crippen molar-refractivity contribution in [2.45, 2.75) is 9.79 Å². The van der Waals surface area contributed by atoms with E-state index in [1.807, 2.05) is 30.0 Å². The third kappa shape index (κ3) is 4.42. The molecule has 0 amide bonds. The highest BCUT2D eigenvalue weighted by atomic mass is 32.2. The van der Waals surface area contributed by atoms with E-state index in [-0.39, 0.29) is 0 Å². The third-order valence-corrected chi connectivity index (χ3v) is 9.64. The third-order valence-electron chi connectivity index (χ3n) is 8.52. The summed E-state index contributed by atoms with van der Waals surface area (Å²) in [6.07, 6.45) is 0. The summed E-state index contributed by atoms with van der Waals surface area (Å²) in [7, 11) is 0. The molecule has 4 heteroatoms. The topological polar surface area (TPSA) is 38.7 Å². The molecule has 0 spiro atoms. The zero-order valence-electron chi connectivity index (χ0n) is 24.2. The number of rotatable bonds is 4. The number of nitrogens with zero attached hydrogens (tertiary/aromatic N) is 3. The van der Waals surface area contributed by atoms with Gasteiger partial charge in [0.05, 0.1) is 0 Å². The van der Waals surface area contributed by atoms with Crippen LogP contribution in [0.2, 0.25) is 0 Å². The molecule has 0 unspecified atom stereocenters. The smallest absolute Gasteiger partial charge is 0.164 e. The van der Waals surface area contributed by atoms with Crippen molar-refractivity contribution < 1.29 is 0 Å². The Balaban J connectivity index is 1.28. The van der Waals surface area contributed by atoms with E-state index in [9.17, 15) is 0 Å². The second-order valence-electron chi connectivity index (χ2n) is 11.2. The van der Waals surface area contributed by atoms with Gasteiger partial charge in [-0.25, -0.2) is 15.0 Å². The van der Waals surface area contributed by atoms with Crippen LogP contribution in [0.3, 0.4) is 0 Å². The van der Waals surface area contributed by atoms with Crippen LogP contribution in [0.1, 0.15) is 0 Å². The highest BCUT2D eigenvalue weighted by Crippen LogP contribution is 2.52. The monoisotopic (exact) mass is 591 g/mol. The normalized spacial score (nSPS) is 11.9. The SMILES string of the molecule is c1ccc(-c2nc(-c3ccc4ccccc4c3)nc(-c3cccc4c3-c3cccc5c(-c6ccccc6)ccc(c35)S4)n2)cc1. The standard InChI is InChI=1S/C41H25N3S/c1-3-12-27(13-4-1)31-23-24-36-37-32(31)17-9-18-33(37)38-34(19-10-20-35(38)45-36)41-43-39(28-14-5-2-6-15-28)42-40(44-41)30-22-21-26-11-7-8-16-29(26)25-30/h1-25H. The predicted octanol–water partition coefficient (Wildman–Crippen LogP) is 11.0. The molecule has 0 saturated heterocycles. The molecule has 7 aromatic carbocycles. The van der Waals surface area contributed by atoms with Gasteiger partial charge in [-0.05, 0) is 51.0 Å². The Morgan fingerprint density at radius 2 is 1.04 bits per heavy atom. The molecule has 0 bridgehead atoms. The van der Waals surface area contributed by atoms with E-state index in [1.54, 1.807) is 0 Å². The molecule has 2 heterocycles. The van der Waals surface area contributed by atoms with E-state index >= 15 is 0 Å². The van der Waals surface area contributed by atoms with E-state index in [1.165, 1.54) is 48.2 Å². The Hall–Kier alpha value is -5.58. The van der Waals surface area contributed by atoms with Crippen molar-refractivity contribution >= 4 is 33.3 Å². The summed E-state index contributed by atoms with van der Waals surface area (Å²) in [5.41, 5.74) is 7.76. The lowest BCUT2D eigenvalue weighted by molar-refractivity contribution is 1.07. The first-order valence-corrected chi connectivity index (χ1v) is 15.9. The molecule has 0 aliphatic carbocycles. The molecule has 0 N–H and O–H groups in total. The molecule has 1 aliphatic rings. The fraction of sp³-hybridized carbons (Fsp3) is 0. The molecule has 8 aromatic rings. The highest BCUT2D eigenvalue weighted by molar-refractivity contribution is 7.99. The van der Waals surface area contributed by atoms with Crippen LogP contribution in [-0.2, 0) is 0 Å². The van der Waals surface area contributed by atoms with Crippen molar-refractivity contribution in [3.63, 3.8) is 0 Å². The maximum atomic E-state index is 5.17. The van der Waals surface area contributed by atoms with Gasteiger partial charge in [-0.2, -0.15) is 0 Å². The molecule has 0 atom stereocenters. The van der Waals surface area contributed by atoms with E-state index < -0.39 is 0 Å². The second kappa shape index (κ2) is 10.5. The van der Waals surface area contributed by atoms with Crippen LogP contribution in [0.25, 0.3) is 78.0 Å². The van der Waals surface area contributed by atoms with Gasteiger partial charge >= 0.3 is 0 Å². The first kappa shape index (κ1) is 25.9. The van der Waals surface area contributed by atoms with Crippen LogP contribution in [-0.4, -0.2) is 15.0 Å². The first-order valence-electron chi connectivity index (χ1n) is 15.0. The number of fused-ring (bicyclic) bond motifs is 3. The summed E-state index contributed by atoms with van der Waals surface area (Å²) in [5, 5.41) is 4.87. The van der Waals surface area contributed by atoms with Crippen molar-refractivity contribution in [1.82, 2.24) is 15.0 Å². The van der Waals surface area contributed by atoms with E-state index in [2.05, 4.69) is 133 Å². The average molecular weight is 592 g/mol. The molecule has 0 radical (unpaired) electrons. The fourth-order valence-electron chi connectivity index (χ4n) is 6.41. The fourth-order valence-corrected chi connectivity index (χ4v) is 7.57. The van der Waals surface area contributed by atoms with Crippen molar-refractivity contribution in [2.24, 2.45) is 0 Å². The summed E-state index contributed by atoms with van der Waals surface area (Å²) < 4.78 is 0. The van der Waals surface area contributed by atoms with Crippen molar-refractivity contribution in [2.75, 3.05) is 0 Å². The van der Waals surface area contributed by atoms with Crippen LogP contribution in [0.4, 0.5) is 0 Å². The van der Waals surface area contributed by atoms with Crippen LogP contribution in [0, 0.1) is 0 Å². The van der Waals surface area contributed by atoms with Gasteiger partial charge in [-0.15, -0.1) is 0 Å². The van der Waals surface area contributed by atoms with Crippen LogP contribution >= 0.6 is 11.8 Å². The Kier molecular flexibility index (Phi) is 6.06. The van der Waals surface area contributed by atoms with Gasteiger partial charge in [0.1, 0.15) is 0 Å². The maximum absolute atomic E-state index is 5.17. The Morgan fingerprint density at radius 3 is 1.87 bits per heavy atom. The second-order valence-corrected chi connectivity index (χ2v) is 12.3. The first-order chi connectivity index (χ1) is 22.3. The van der Waals surface area contributed by atoms with Crippen LogP contribution in [0.15, 0.2) is 161 Å². The lowest BCUT2D eigenvalue weighted by Gasteiger charge is -2.24. The molecule has 1 aromatic heterocycles. The summed E-state index contributed by atoms with van der Waals surface area (Å²) in [5.74, 6) is 1.99. The quantitative estimate of drug-likeness (QED) is 0.204. The van der Waals surface area contributed by atoms with E-state index in [0.29, 0.717) is 17.5 Å². The highest BCUT2D eigenvalue weighted by Gasteiger charge is 2.25. The van der Waals surface area contributed by atoms with Gasteiger partial charge in [0.15, 0.2) is 17.5 Å². The van der Waals surface area contributed by atoms with Gasteiger partial charge in [0, 0.05) is 37.4 Å². The Morgan fingerprint density at radius 1 is 0.378 bits per heavy atom. The molecule has 0 saturated carbocycles. The zero-order chi connectivity index (χ0) is 29.7. The lowest BCUT2D eigenvalue weighted by atomic mass is 9.90. The average Bonchev–Trinajstić information content (AvgIpc) is 3.12. The molecule has 0 fully saturated rings. The lowest BCUT2D eigenvalue weighted by Crippen LogP contribution is -2.03. The van der Waals surface area contributed by atoms with Gasteiger partial charge < -0.3 is 0 Å². The molecule has 1 aliphatic heterocycles. The number of benzene rings is 7. The molecular formula is C41H25N3S. The van der Waals surface area contributed by atoms with Gasteiger partial charge in [-0.1, -0.05) is 145 Å². The summed E-state index contributed by atoms with van der Waals surface area (Å²) in [6, 6.07) is 53.3. The Bertz CT molecular complexity index is 2400. The largest absolute Gasteiger partial charge is 0.208 e. The van der Waals surface area contributed by atoms with Crippen molar-refractivity contribution in [3.8, 4) is 56.4 Å². The molecule has 9 rings (SSSR count). The minimum absolute atomic E-state index is 0.662. The molecule has 210 valence electrons. The molecule has 45 heavy (non-hydrogen) atoms. The minimum atomic E-state index is 0.662. The van der Waals surface area contributed by atoms with E-state index in [4.69, 9.17) is 15.0 Å². The maximum Gasteiger partial charge on any atom is 0.164 e. The summed E-state index contributed by atoms with van der Waals surface area (Å²) >= 11 is 1.82. The summed E-state index contributed by atoms with van der Waals surface area (Å²) in [6.45, 7) is 0. The van der Waals surface area contributed by atoms with E-state index in [0.717, 1.165) is 22.1 Å². The predicted molar refractivity (Wildman–Crippen MR) is 186 cm³/mol. The van der Waals surface area contributed by atoms with Crippen LogP contribution in [0.5, 0.6) is 0 Å². The summed E-state index contributed by atoms with van der Waals surface area (Å²) in [4.78, 5) is 17.8. The van der Waals surface area contributed by atoms with Gasteiger partial charge in [-0.3, -0.25) is 0 Å². The Labute approximate surface area is 265 Å². The number of hydrogen-bond donors (Lipinski definition) is 0. The van der Waals surface area contributed by atoms with Gasteiger partial charge in [0.25, 0.3) is 0 Å².